The molecule has 0 amide bonds. The monoisotopic (exact) mass is 394 g/mol. The van der Waals surface area contributed by atoms with E-state index in [1.54, 1.807) is 6.08 Å². The number of hydrogen-bond donors (Lipinski definition) is 2. The third kappa shape index (κ3) is 4.08. The largest absolute Gasteiger partial charge is 0.478 e. The molecule has 1 heterocycles. The zero-order valence-corrected chi connectivity index (χ0v) is 16.7. The number of H-pyrrole nitrogens is 1. The number of allylic oxidation sites excluding steroid dienone is 1. The number of carboxylic acid groups (broad SMARTS) is 1. The van der Waals surface area contributed by atoms with Crippen molar-refractivity contribution in [1.29, 1.82) is 0 Å². The Hall–Kier alpha value is -3.92. The molecule has 0 aliphatic heterocycles. The van der Waals surface area contributed by atoms with Crippen molar-refractivity contribution in [3.8, 4) is 0 Å². The van der Waals surface area contributed by atoms with Gasteiger partial charge in [0.1, 0.15) is 0 Å². The number of nitrogens with one attached hydrogen (secondary N) is 1. The highest BCUT2D eigenvalue weighted by Crippen LogP contribution is 2.35. The number of carboxylic acids is 1. The lowest BCUT2D eigenvalue weighted by molar-refractivity contribution is -0.131. The average Bonchev–Trinajstić information content (AvgIpc) is 3.25. The van der Waals surface area contributed by atoms with Crippen molar-refractivity contribution >= 4 is 34.1 Å². The van der Waals surface area contributed by atoms with Gasteiger partial charge in [0.2, 0.25) is 0 Å². The Kier molecular flexibility index (Phi) is 5.57. The number of fused-ring (bicyclic) bond motifs is 1. The van der Waals surface area contributed by atoms with E-state index in [0.717, 1.165) is 40.1 Å². The summed E-state index contributed by atoms with van der Waals surface area (Å²) in [6.07, 6.45) is 5.47. The highest BCUT2D eigenvalue weighted by Gasteiger charge is 2.14. The molecule has 1 aromatic heterocycles. The molecule has 0 spiro atoms. The third-order valence-corrected chi connectivity index (χ3v) is 5.12. The van der Waals surface area contributed by atoms with E-state index in [9.17, 15) is 4.79 Å². The van der Waals surface area contributed by atoms with Gasteiger partial charge in [-0.2, -0.15) is 5.10 Å². The zero-order chi connectivity index (χ0) is 20.9. The second-order valence-corrected chi connectivity index (χ2v) is 7.04. The summed E-state index contributed by atoms with van der Waals surface area (Å²) in [5.41, 5.74) is 7.68. The van der Waals surface area contributed by atoms with Crippen LogP contribution in [0.3, 0.4) is 0 Å². The first-order valence-corrected chi connectivity index (χ1v) is 9.89. The smallest absolute Gasteiger partial charge is 0.328 e. The van der Waals surface area contributed by atoms with Gasteiger partial charge in [0.15, 0.2) is 0 Å². The Morgan fingerprint density at radius 1 is 0.967 bits per heavy atom. The van der Waals surface area contributed by atoms with E-state index >= 15 is 0 Å². The normalized spacial score (nSPS) is 12.3. The van der Waals surface area contributed by atoms with E-state index in [-0.39, 0.29) is 0 Å². The molecule has 0 bridgehead atoms. The van der Waals surface area contributed by atoms with Crippen molar-refractivity contribution in [2.45, 2.75) is 13.3 Å². The fourth-order valence-corrected chi connectivity index (χ4v) is 3.71. The van der Waals surface area contributed by atoms with Crippen LogP contribution in [0.4, 0.5) is 0 Å². The maximum atomic E-state index is 10.8. The van der Waals surface area contributed by atoms with Crippen LogP contribution in [-0.2, 0) is 4.79 Å². The molecule has 3 aromatic carbocycles. The summed E-state index contributed by atoms with van der Waals surface area (Å²) >= 11 is 0. The molecular weight excluding hydrogens is 372 g/mol. The number of aliphatic carboxylic acids is 1. The van der Waals surface area contributed by atoms with Crippen molar-refractivity contribution in [2.24, 2.45) is 0 Å². The molecule has 0 saturated heterocycles. The topological polar surface area (TPSA) is 66.0 Å². The summed E-state index contributed by atoms with van der Waals surface area (Å²) in [5, 5.41) is 17.1. The molecule has 30 heavy (non-hydrogen) atoms. The van der Waals surface area contributed by atoms with E-state index in [1.807, 2.05) is 24.4 Å². The Morgan fingerprint density at radius 3 is 2.40 bits per heavy atom. The zero-order valence-electron chi connectivity index (χ0n) is 16.7. The van der Waals surface area contributed by atoms with Crippen LogP contribution in [0.2, 0.25) is 0 Å². The van der Waals surface area contributed by atoms with Gasteiger partial charge >= 0.3 is 5.97 Å². The van der Waals surface area contributed by atoms with Crippen molar-refractivity contribution < 1.29 is 9.90 Å². The Bertz CT molecular complexity index is 1230. The second-order valence-electron chi connectivity index (χ2n) is 7.04. The van der Waals surface area contributed by atoms with Crippen LogP contribution in [0, 0.1) is 0 Å². The summed E-state index contributed by atoms with van der Waals surface area (Å²) < 4.78 is 0. The van der Waals surface area contributed by atoms with Gasteiger partial charge in [-0.25, -0.2) is 4.79 Å². The van der Waals surface area contributed by atoms with Crippen LogP contribution >= 0.6 is 0 Å². The summed E-state index contributed by atoms with van der Waals surface area (Å²) in [6.45, 7) is 2.17. The standard InChI is InChI=1S/C26H22N2O2/c1-2-23(19-6-4-3-5-7-19)26(21-13-14-24-22(16-21)17-27-28-24)20-11-8-18(9-12-20)10-15-25(29)30/h3-17H,2H2,1H3,(H,27,28)(H,29,30)/b15-10?,26-23+. The van der Waals surface area contributed by atoms with Crippen LogP contribution < -0.4 is 0 Å². The number of benzene rings is 3. The molecule has 0 unspecified atom stereocenters. The predicted molar refractivity (Wildman–Crippen MR) is 122 cm³/mol. The lowest BCUT2D eigenvalue weighted by atomic mass is 9.87. The quantitative estimate of drug-likeness (QED) is 0.310. The summed E-state index contributed by atoms with van der Waals surface area (Å²) in [4.78, 5) is 10.8. The SMILES string of the molecule is CC/C(=C(/c1ccc(C=CC(=O)O)cc1)c1ccc2[nH]ncc2c1)c1ccccc1. The van der Waals surface area contributed by atoms with Crippen LogP contribution in [0.15, 0.2) is 85.1 Å². The fourth-order valence-electron chi connectivity index (χ4n) is 3.71. The van der Waals surface area contributed by atoms with Crippen LogP contribution in [0.25, 0.3) is 28.1 Å². The Labute approximate surface area is 175 Å². The first-order chi connectivity index (χ1) is 14.7. The minimum atomic E-state index is -0.953. The van der Waals surface area contributed by atoms with Crippen molar-refractivity contribution in [3.05, 3.63) is 107 Å². The first kappa shape index (κ1) is 19.4. The van der Waals surface area contributed by atoms with E-state index in [1.165, 1.54) is 16.7 Å². The number of nitrogens with zero attached hydrogens (tertiary/aromatic N) is 1. The van der Waals surface area contributed by atoms with E-state index in [4.69, 9.17) is 5.11 Å². The minimum Gasteiger partial charge on any atom is -0.478 e. The van der Waals surface area contributed by atoms with Gasteiger partial charge in [0.25, 0.3) is 0 Å². The van der Waals surface area contributed by atoms with E-state index < -0.39 is 5.97 Å². The maximum absolute atomic E-state index is 10.8. The van der Waals surface area contributed by atoms with Crippen molar-refractivity contribution in [1.82, 2.24) is 10.2 Å². The molecule has 0 fully saturated rings. The lowest BCUT2D eigenvalue weighted by Gasteiger charge is -2.16. The number of hydrogen-bond acceptors (Lipinski definition) is 2. The van der Waals surface area contributed by atoms with Gasteiger partial charge in [-0.15, -0.1) is 0 Å². The Morgan fingerprint density at radius 2 is 1.70 bits per heavy atom. The molecule has 0 atom stereocenters. The molecule has 0 aliphatic carbocycles. The highest BCUT2D eigenvalue weighted by molar-refractivity contribution is 6.00. The van der Waals surface area contributed by atoms with Gasteiger partial charge in [-0.05, 0) is 58.0 Å². The lowest BCUT2D eigenvalue weighted by Crippen LogP contribution is -1.95. The third-order valence-electron chi connectivity index (χ3n) is 5.12. The summed E-state index contributed by atoms with van der Waals surface area (Å²) in [7, 11) is 0. The summed E-state index contributed by atoms with van der Waals surface area (Å²) in [5.74, 6) is -0.953. The number of rotatable bonds is 6. The second kappa shape index (κ2) is 8.62. The number of aromatic amines is 1. The molecule has 0 aliphatic rings. The minimum absolute atomic E-state index is 0.851. The first-order valence-electron chi connectivity index (χ1n) is 9.89. The highest BCUT2D eigenvalue weighted by atomic mass is 16.4. The molecule has 148 valence electrons. The molecular formula is C26H22N2O2. The van der Waals surface area contributed by atoms with Gasteiger partial charge in [-0.1, -0.05) is 67.6 Å². The molecule has 4 rings (SSSR count). The average molecular weight is 394 g/mol. The number of aromatic nitrogens is 2. The molecule has 0 saturated carbocycles. The van der Waals surface area contributed by atoms with Gasteiger partial charge in [-0.3, -0.25) is 5.10 Å². The molecule has 4 nitrogen and oxygen atoms in total. The van der Waals surface area contributed by atoms with Crippen LogP contribution in [0.5, 0.6) is 0 Å². The van der Waals surface area contributed by atoms with Gasteiger partial charge in [0.05, 0.1) is 11.7 Å². The van der Waals surface area contributed by atoms with Gasteiger partial charge < -0.3 is 5.11 Å². The van der Waals surface area contributed by atoms with Crippen molar-refractivity contribution in [2.75, 3.05) is 0 Å². The molecule has 4 heteroatoms. The summed E-state index contributed by atoms with van der Waals surface area (Å²) in [6, 6.07) is 24.7. The van der Waals surface area contributed by atoms with Crippen molar-refractivity contribution in [3.63, 3.8) is 0 Å². The maximum Gasteiger partial charge on any atom is 0.328 e. The van der Waals surface area contributed by atoms with E-state index in [0.29, 0.717) is 0 Å². The molecule has 2 N–H and O–H groups in total. The number of carbonyl (C=O) groups is 1. The Balaban J connectivity index is 1.89. The molecule has 4 aromatic rings. The fraction of sp³-hybridized carbons (Fsp3) is 0.0769. The van der Waals surface area contributed by atoms with Crippen LogP contribution in [-0.4, -0.2) is 21.3 Å². The van der Waals surface area contributed by atoms with Gasteiger partial charge in [0, 0.05) is 11.5 Å². The molecule has 0 radical (unpaired) electrons. The van der Waals surface area contributed by atoms with E-state index in [2.05, 4.69) is 71.7 Å². The predicted octanol–water partition coefficient (Wildman–Crippen LogP) is 6.03. The van der Waals surface area contributed by atoms with Crippen LogP contribution in [0.1, 0.15) is 35.6 Å².